The molecule has 2 heterocycles. The SMILES string of the molecule is CCn1c(NNC(=O)c2ccc(-c3cccc(Br)c3)nc2C)nc2ccccc2c1=O. The molecule has 4 aromatic rings. The number of rotatable bonds is 5. The van der Waals surface area contributed by atoms with Crippen LogP contribution < -0.4 is 16.4 Å². The van der Waals surface area contributed by atoms with Gasteiger partial charge in [0.05, 0.1) is 27.9 Å². The molecule has 156 valence electrons. The number of amides is 1. The Labute approximate surface area is 187 Å². The average molecular weight is 478 g/mol. The van der Waals surface area contributed by atoms with Crippen LogP contribution in [0.25, 0.3) is 22.2 Å². The van der Waals surface area contributed by atoms with Crippen LogP contribution >= 0.6 is 15.9 Å². The van der Waals surface area contributed by atoms with Crippen LogP contribution in [-0.2, 0) is 6.54 Å². The summed E-state index contributed by atoms with van der Waals surface area (Å²) in [6.45, 7) is 4.04. The zero-order valence-electron chi connectivity index (χ0n) is 17.0. The quantitative estimate of drug-likeness (QED) is 0.418. The van der Waals surface area contributed by atoms with Gasteiger partial charge in [0.1, 0.15) is 0 Å². The molecule has 0 bridgehead atoms. The number of carbonyl (C=O) groups excluding carboxylic acids is 1. The van der Waals surface area contributed by atoms with Crippen molar-refractivity contribution in [3.8, 4) is 11.3 Å². The zero-order chi connectivity index (χ0) is 22.0. The summed E-state index contributed by atoms with van der Waals surface area (Å²) in [4.78, 5) is 34.5. The molecule has 8 heteroatoms. The lowest BCUT2D eigenvalue weighted by molar-refractivity contribution is 0.0961. The largest absolute Gasteiger partial charge is 0.277 e. The van der Waals surface area contributed by atoms with Crippen LogP contribution in [0.4, 0.5) is 5.95 Å². The maximum atomic E-state index is 12.8. The van der Waals surface area contributed by atoms with Crippen LogP contribution in [0.1, 0.15) is 23.0 Å². The average Bonchev–Trinajstić information content (AvgIpc) is 2.77. The van der Waals surface area contributed by atoms with Gasteiger partial charge in [0.25, 0.3) is 11.5 Å². The number of fused-ring (bicyclic) bond motifs is 1. The van der Waals surface area contributed by atoms with Gasteiger partial charge in [-0.15, -0.1) is 0 Å². The van der Waals surface area contributed by atoms with Gasteiger partial charge in [0.15, 0.2) is 0 Å². The molecule has 1 amide bonds. The Bertz CT molecular complexity index is 1350. The van der Waals surface area contributed by atoms with Gasteiger partial charge in [-0.2, -0.15) is 0 Å². The summed E-state index contributed by atoms with van der Waals surface area (Å²) >= 11 is 3.46. The van der Waals surface area contributed by atoms with E-state index in [1.807, 2.05) is 37.3 Å². The number of aryl methyl sites for hydroxylation is 1. The van der Waals surface area contributed by atoms with Crippen molar-refractivity contribution in [3.05, 3.63) is 86.7 Å². The molecule has 0 spiro atoms. The number of halogens is 1. The Morgan fingerprint density at radius 1 is 1.06 bits per heavy atom. The van der Waals surface area contributed by atoms with Gasteiger partial charge in [0, 0.05) is 16.6 Å². The van der Waals surface area contributed by atoms with Gasteiger partial charge >= 0.3 is 0 Å². The lowest BCUT2D eigenvalue weighted by Crippen LogP contribution is -2.34. The Balaban J connectivity index is 1.57. The summed E-state index contributed by atoms with van der Waals surface area (Å²) < 4.78 is 2.43. The van der Waals surface area contributed by atoms with Crippen LogP contribution in [0.5, 0.6) is 0 Å². The molecule has 2 N–H and O–H groups in total. The van der Waals surface area contributed by atoms with Crippen molar-refractivity contribution in [2.24, 2.45) is 0 Å². The van der Waals surface area contributed by atoms with E-state index in [0.717, 1.165) is 15.7 Å². The normalized spacial score (nSPS) is 10.8. The number of hydrogen-bond donors (Lipinski definition) is 2. The van der Waals surface area contributed by atoms with Crippen molar-refractivity contribution in [2.45, 2.75) is 20.4 Å². The van der Waals surface area contributed by atoms with Gasteiger partial charge in [-0.1, -0.05) is 40.2 Å². The Kier molecular flexibility index (Phi) is 5.81. The van der Waals surface area contributed by atoms with E-state index in [2.05, 4.69) is 36.7 Å². The van der Waals surface area contributed by atoms with Crippen molar-refractivity contribution in [1.82, 2.24) is 20.0 Å². The van der Waals surface area contributed by atoms with E-state index in [-0.39, 0.29) is 17.4 Å². The first-order chi connectivity index (χ1) is 15.0. The fraction of sp³-hybridized carbons (Fsp3) is 0.130. The summed E-state index contributed by atoms with van der Waals surface area (Å²) in [5, 5.41) is 0.532. The number of aromatic nitrogens is 3. The molecule has 2 aromatic heterocycles. The first-order valence-electron chi connectivity index (χ1n) is 9.77. The van der Waals surface area contributed by atoms with Crippen molar-refractivity contribution < 1.29 is 4.79 Å². The molecule has 0 aliphatic heterocycles. The molecule has 0 saturated heterocycles. The topological polar surface area (TPSA) is 88.9 Å². The van der Waals surface area contributed by atoms with Crippen molar-refractivity contribution in [2.75, 3.05) is 5.43 Å². The van der Waals surface area contributed by atoms with E-state index >= 15 is 0 Å². The lowest BCUT2D eigenvalue weighted by Gasteiger charge is -2.14. The van der Waals surface area contributed by atoms with Crippen molar-refractivity contribution in [1.29, 1.82) is 0 Å². The summed E-state index contributed by atoms with van der Waals surface area (Å²) in [6.07, 6.45) is 0. The Hall–Kier alpha value is -3.52. The maximum absolute atomic E-state index is 12.8. The van der Waals surface area contributed by atoms with E-state index < -0.39 is 0 Å². The fourth-order valence-corrected chi connectivity index (χ4v) is 3.75. The van der Waals surface area contributed by atoms with E-state index in [0.29, 0.717) is 28.7 Å². The zero-order valence-corrected chi connectivity index (χ0v) is 18.6. The first-order valence-corrected chi connectivity index (χ1v) is 10.6. The maximum Gasteiger partial charge on any atom is 0.271 e. The van der Waals surface area contributed by atoms with Gasteiger partial charge in [0.2, 0.25) is 5.95 Å². The first kappa shape index (κ1) is 20.7. The Morgan fingerprint density at radius 3 is 2.61 bits per heavy atom. The third-order valence-corrected chi connectivity index (χ3v) is 5.41. The second kappa shape index (κ2) is 8.69. The van der Waals surface area contributed by atoms with Crippen molar-refractivity contribution >= 4 is 38.7 Å². The molecular formula is C23H20BrN5O2. The van der Waals surface area contributed by atoms with Gasteiger partial charge < -0.3 is 0 Å². The number of para-hydroxylation sites is 1. The fourth-order valence-electron chi connectivity index (χ4n) is 3.35. The molecule has 0 radical (unpaired) electrons. The molecule has 0 aliphatic rings. The molecular weight excluding hydrogens is 458 g/mol. The van der Waals surface area contributed by atoms with Gasteiger partial charge in [-0.3, -0.25) is 30.0 Å². The van der Waals surface area contributed by atoms with E-state index in [9.17, 15) is 9.59 Å². The number of hydrazine groups is 1. The number of pyridine rings is 1. The van der Waals surface area contributed by atoms with Crippen molar-refractivity contribution in [3.63, 3.8) is 0 Å². The third kappa shape index (κ3) is 4.20. The molecule has 31 heavy (non-hydrogen) atoms. The van der Waals surface area contributed by atoms with Crippen LogP contribution in [0.15, 0.2) is 69.9 Å². The molecule has 0 fully saturated rings. The molecule has 0 aliphatic carbocycles. The minimum Gasteiger partial charge on any atom is -0.277 e. The minimum atomic E-state index is -0.365. The monoisotopic (exact) mass is 477 g/mol. The summed E-state index contributed by atoms with van der Waals surface area (Å²) in [5.74, 6) is -0.0910. The summed E-state index contributed by atoms with van der Waals surface area (Å²) in [6, 6.07) is 18.5. The molecule has 7 nitrogen and oxygen atoms in total. The smallest absolute Gasteiger partial charge is 0.271 e. The number of benzene rings is 2. The minimum absolute atomic E-state index is 0.166. The van der Waals surface area contributed by atoms with E-state index in [1.165, 1.54) is 4.57 Å². The predicted molar refractivity (Wildman–Crippen MR) is 125 cm³/mol. The predicted octanol–water partition coefficient (Wildman–Crippen LogP) is 4.31. The number of carbonyl (C=O) groups is 1. The standard InChI is InChI=1S/C23H20BrN5O2/c1-3-29-22(31)18-9-4-5-10-20(18)26-23(29)28-27-21(30)17-11-12-19(25-14(17)2)15-7-6-8-16(24)13-15/h4-13H,3H2,1-2H3,(H,26,28)(H,27,30). The van der Waals surface area contributed by atoms with E-state index in [1.54, 1.807) is 37.3 Å². The molecule has 4 rings (SSSR count). The van der Waals surface area contributed by atoms with E-state index in [4.69, 9.17) is 0 Å². The lowest BCUT2D eigenvalue weighted by atomic mass is 10.1. The second-order valence-electron chi connectivity index (χ2n) is 6.92. The second-order valence-corrected chi connectivity index (χ2v) is 7.84. The molecule has 0 atom stereocenters. The van der Waals surface area contributed by atoms with Crippen LogP contribution in [0, 0.1) is 6.92 Å². The van der Waals surface area contributed by atoms with Gasteiger partial charge in [-0.25, -0.2) is 4.98 Å². The highest BCUT2D eigenvalue weighted by atomic mass is 79.9. The molecule has 0 saturated carbocycles. The summed E-state index contributed by atoms with van der Waals surface area (Å²) in [5.41, 5.74) is 8.57. The highest BCUT2D eigenvalue weighted by molar-refractivity contribution is 9.10. The molecule has 2 aromatic carbocycles. The van der Waals surface area contributed by atoms with Gasteiger partial charge in [-0.05, 0) is 50.2 Å². The number of nitrogens with zero attached hydrogens (tertiary/aromatic N) is 3. The van der Waals surface area contributed by atoms with Crippen LogP contribution in [0.3, 0.4) is 0 Å². The summed E-state index contributed by atoms with van der Waals surface area (Å²) in [7, 11) is 0. The third-order valence-electron chi connectivity index (χ3n) is 4.92. The Morgan fingerprint density at radius 2 is 1.87 bits per heavy atom. The number of anilines is 1. The van der Waals surface area contributed by atoms with Crippen LogP contribution in [-0.4, -0.2) is 20.4 Å². The highest BCUT2D eigenvalue weighted by Gasteiger charge is 2.14. The molecule has 0 unspecified atom stereocenters. The number of nitrogens with one attached hydrogen (secondary N) is 2. The van der Waals surface area contributed by atoms with Crippen LogP contribution in [0.2, 0.25) is 0 Å². The number of hydrogen-bond acceptors (Lipinski definition) is 5. The highest BCUT2D eigenvalue weighted by Crippen LogP contribution is 2.22.